The quantitative estimate of drug-likeness (QED) is 0.716. The molecule has 0 aromatic heterocycles. The molecule has 6 heteroatoms. The number of likely N-dealkylation sites (N-methyl/N-ethyl adjacent to an activating group) is 1. The van der Waals surface area contributed by atoms with Crippen molar-refractivity contribution in [3.05, 3.63) is 0 Å². The Morgan fingerprint density at radius 3 is 2.53 bits per heavy atom. The lowest BCUT2D eigenvalue weighted by atomic mass is 10.0. The Kier molecular flexibility index (Phi) is 14.5. The van der Waals surface area contributed by atoms with Crippen LogP contribution in [0.2, 0.25) is 0 Å². The number of carbonyl (C=O) groups is 1. The Bertz CT molecular complexity index is 220. The van der Waals surface area contributed by atoms with E-state index in [-0.39, 0.29) is 30.7 Å². The molecule has 1 fully saturated rings. The molecular formula is C13H29Cl2N3O. The van der Waals surface area contributed by atoms with Crippen molar-refractivity contribution in [1.29, 1.82) is 0 Å². The predicted molar refractivity (Wildman–Crippen MR) is 85.5 cm³/mol. The van der Waals surface area contributed by atoms with E-state index < -0.39 is 0 Å². The third-order valence-corrected chi connectivity index (χ3v) is 3.59. The van der Waals surface area contributed by atoms with Gasteiger partial charge in [-0.25, -0.2) is 0 Å². The number of hydrogen-bond acceptors (Lipinski definition) is 3. The first-order chi connectivity index (χ1) is 8.26. The first-order valence-electron chi connectivity index (χ1n) is 6.96. The van der Waals surface area contributed by atoms with E-state index in [0.29, 0.717) is 12.3 Å². The van der Waals surface area contributed by atoms with Gasteiger partial charge >= 0.3 is 0 Å². The number of carbonyl (C=O) groups excluding carboxylic acids is 1. The lowest BCUT2D eigenvalue weighted by Gasteiger charge is -2.18. The van der Waals surface area contributed by atoms with E-state index in [2.05, 4.69) is 29.4 Å². The van der Waals surface area contributed by atoms with Gasteiger partial charge in [0.25, 0.3) is 0 Å². The van der Waals surface area contributed by atoms with Crippen molar-refractivity contribution in [2.24, 2.45) is 5.92 Å². The van der Waals surface area contributed by atoms with Crippen LogP contribution in [0.25, 0.3) is 0 Å². The van der Waals surface area contributed by atoms with Crippen LogP contribution in [0.15, 0.2) is 0 Å². The van der Waals surface area contributed by atoms with E-state index in [0.717, 1.165) is 45.7 Å². The monoisotopic (exact) mass is 313 g/mol. The van der Waals surface area contributed by atoms with Crippen molar-refractivity contribution >= 4 is 30.7 Å². The third-order valence-electron chi connectivity index (χ3n) is 3.59. The van der Waals surface area contributed by atoms with E-state index in [4.69, 9.17) is 0 Å². The molecule has 0 aliphatic carbocycles. The van der Waals surface area contributed by atoms with Gasteiger partial charge in [-0.15, -0.1) is 24.8 Å². The SMILES string of the molecule is CCN(CC)CCNC(=O)CCC1CCNC1.Cl.Cl. The zero-order valence-electron chi connectivity index (χ0n) is 12.1. The number of halogens is 2. The van der Waals surface area contributed by atoms with Crippen LogP contribution in [0, 0.1) is 5.92 Å². The summed E-state index contributed by atoms with van der Waals surface area (Å²) in [5.41, 5.74) is 0. The third kappa shape index (κ3) is 9.50. The molecule has 116 valence electrons. The average Bonchev–Trinajstić information content (AvgIpc) is 2.85. The molecule has 0 radical (unpaired) electrons. The second-order valence-corrected chi connectivity index (χ2v) is 4.77. The maximum atomic E-state index is 11.6. The van der Waals surface area contributed by atoms with Crippen molar-refractivity contribution in [2.45, 2.75) is 33.1 Å². The summed E-state index contributed by atoms with van der Waals surface area (Å²) in [6.45, 7) is 10.4. The van der Waals surface area contributed by atoms with Crippen molar-refractivity contribution in [2.75, 3.05) is 39.3 Å². The second-order valence-electron chi connectivity index (χ2n) is 4.77. The minimum absolute atomic E-state index is 0. The largest absolute Gasteiger partial charge is 0.355 e. The van der Waals surface area contributed by atoms with Crippen LogP contribution in [0.3, 0.4) is 0 Å². The van der Waals surface area contributed by atoms with Crippen LogP contribution in [0.1, 0.15) is 33.1 Å². The highest BCUT2D eigenvalue weighted by Gasteiger charge is 2.15. The van der Waals surface area contributed by atoms with Gasteiger partial charge in [0.05, 0.1) is 0 Å². The summed E-state index contributed by atoms with van der Waals surface area (Å²) in [5.74, 6) is 0.924. The van der Waals surface area contributed by atoms with Gasteiger partial charge in [-0.1, -0.05) is 13.8 Å². The molecule has 2 N–H and O–H groups in total. The van der Waals surface area contributed by atoms with Crippen LogP contribution < -0.4 is 10.6 Å². The highest BCUT2D eigenvalue weighted by molar-refractivity contribution is 5.85. The maximum Gasteiger partial charge on any atom is 0.220 e. The first-order valence-corrected chi connectivity index (χ1v) is 6.96. The summed E-state index contributed by atoms with van der Waals surface area (Å²) in [5, 5.41) is 6.34. The molecule has 1 heterocycles. The molecule has 19 heavy (non-hydrogen) atoms. The number of nitrogens with zero attached hydrogens (tertiary/aromatic N) is 1. The van der Waals surface area contributed by atoms with E-state index in [1.165, 1.54) is 6.42 Å². The Labute approximate surface area is 129 Å². The average molecular weight is 314 g/mol. The normalized spacial score (nSPS) is 17.7. The number of rotatable bonds is 8. The van der Waals surface area contributed by atoms with Gasteiger partial charge in [0.15, 0.2) is 0 Å². The summed E-state index contributed by atoms with van der Waals surface area (Å²) >= 11 is 0. The fourth-order valence-electron chi connectivity index (χ4n) is 2.28. The van der Waals surface area contributed by atoms with Crippen LogP contribution in [0.5, 0.6) is 0 Å². The summed E-state index contributed by atoms with van der Waals surface area (Å²) in [6, 6.07) is 0. The molecule has 0 spiro atoms. The standard InChI is InChI=1S/C13H27N3O.2ClH/c1-3-16(4-2)10-9-15-13(17)6-5-12-7-8-14-11-12;;/h12,14H,3-11H2,1-2H3,(H,15,17);2*1H. The summed E-state index contributed by atoms with van der Waals surface area (Å²) < 4.78 is 0. The Morgan fingerprint density at radius 2 is 2.00 bits per heavy atom. The molecule has 1 unspecified atom stereocenters. The first kappa shape index (κ1) is 21.3. The molecule has 1 amide bonds. The zero-order chi connectivity index (χ0) is 12.5. The Hall–Kier alpha value is -0.0300. The fourth-order valence-corrected chi connectivity index (χ4v) is 2.28. The maximum absolute atomic E-state index is 11.6. The molecule has 0 aromatic carbocycles. The molecule has 0 aromatic rings. The van der Waals surface area contributed by atoms with Gasteiger partial charge in [0.2, 0.25) is 5.91 Å². The lowest BCUT2D eigenvalue weighted by molar-refractivity contribution is -0.121. The van der Waals surface area contributed by atoms with Gasteiger partial charge < -0.3 is 15.5 Å². The Morgan fingerprint density at radius 1 is 1.32 bits per heavy atom. The second kappa shape index (κ2) is 13.0. The van der Waals surface area contributed by atoms with E-state index in [1.807, 2.05) is 0 Å². The van der Waals surface area contributed by atoms with Gasteiger partial charge in [0.1, 0.15) is 0 Å². The molecular weight excluding hydrogens is 285 g/mol. The minimum Gasteiger partial charge on any atom is -0.355 e. The predicted octanol–water partition coefficient (Wildman–Crippen LogP) is 1.68. The Balaban J connectivity index is 0. The summed E-state index contributed by atoms with van der Waals surface area (Å²) in [6.07, 6.45) is 2.95. The van der Waals surface area contributed by atoms with Gasteiger partial charge in [-0.05, 0) is 44.9 Å². The van der Waals surface area contributed by atoms with Crippen LogP contribution in [-0.2, 0) is 4.79 Å². The fraction of sp³-hybridized carbons (Fsp3) is 0.923. The molecule has 1 saturated heterocycles. The molecule has 1 atom stereocenters. The lowest BCUT2D eigenvalue weighted by Crippen LogP contribution is -2.34. The summed E-state index contributed by atoms with van der Waals surface area (Å²) in [4.78, 5) is 13.9. The topological polar surface area (TPSA) is 44.4 Å². The van der Waals surface area contributed by atoms with Crippen molar-refractivity contribution < 1.29 is 4.79 Å². The van der Waals surface area contributed by atoms with Crippen LogP contribution in [0.4, 0.5) is 0 Å². The van der Waals surface area contributed by atoms with E-state index >= 15 is 0 Å². The number of nitrogens with one attached hydrogen (secondary N) is 2. The van der Waals surface area contributed by atoms with Crippen LogP contribution >= 0.6 is 24.8 Å². The van der Waals surface area contributed by atoms with Crippen molar-refractivity contribution in [1.82, 2.24) is 15.5 Å². The summed E-state index contributed by atoms with van der Waals surface area (Å²) in [7, 11) is 0. The van der Waals surface area contributed by atoms with Crippen LogP contribution in [-0.4, -0.2) is 50.1 Å². The molecule has 0 bridgehead atoms. The van der Waals surface area contributed by atoms with Gasteiger partial charge in [0, 0.05) is 19.5 Å². The highest BCUT2D eigenvalue weighted by atomic mass is 35.5. The molecule has 1 aliphatic heterocycles. The van der Waals surface area contributed by atoms with E-state index in [9.17, 15) is 4.79 Å². The van der Waals surface area contributed by atoms with Gasteiger partial charge in [-0.2, -0.15) is 0 Å². The highest BCUT2D eigenvalue weighted by Crippen LogP contribution is 2.13. The smallest absolute Gasteiger partial charge is 0.220 e. The van der Waals surface area contributed by atoms with Crippen molar-refractivity contribution in [3.8, 4) is 0 Å². The zero-order valence-corrected chi connectivity index (χ0v) is 13.7. The van der Waals surface area contributed by atoms with Gasteiger partial charge in [-0.3, -0.25) is 4.79 Å². The molecule has 1 rings (SSSR count). The minimum atomic E-state index is 0. The molecule has 4 nitrogen and oxygen atoms in total. The molecule has 0 saturated carbocycles. The van der Waals surface area contributed by atoms with E-state index in [1.54, 1.807) is 0 Å². The molecule has 1 aliphatic rings. The van der Waals surface area contributed by atoms with Crippen molar-refractivity contribution in [3.63, 3.8) is 0 Å². The number of hydrogen-bond donors (Lipinski definition) is 2. The number of amides is 1.